The lowest BCUT2D eigenvalue weighted by Crippen LogP contribution is -2.32. The number of nitrogens with one attached hydrogen (secondary N) is 1. The summed E-state index contributed by atoms with van der Waals surface area (Å²) in [6.45, 7) is 7.76. The number of aromatic nitrogens is 2. The van der Waals surface area contributed by atoms with E-state index in [2.05, 4.69) is 46.5 Å². The Hall–Kier alpha value is -1.13. The fraction of sp³-hybridized carbons (Fsp3) is 0.533. The van der Waals surface area contributed by atoms with Gasteiger partial charge in [0.15, 0.2) is 4.77 Å². The van der Waals surface area contributed by atoms with E-state index in [1.54, 1.807) is 0 Å². The molecule has 1 N–H and O–H groups in total. The van der Waals surface area contributed by atoms with E-state index < -0.39 is 0 Å². The van der Waals surface area contributed by atoms with Gasteiger partial charge in [-0.1, -0.05) is 19.1 Å². The number of nitrogens with zero attached hydrogens (tertiary/aromatic N) is 2. The number of H-pyrrole nitrogens is 1. The molecule has 0 radical (unpaired) electrons. The lowest BCUT2D eigenvalue weighted by Gasteiger charge is -2.23. The zero-order valence-electron chi connectivity index (χ0n) is 11.6. The number of imidazole rings is 1. The number of rotatable bonds is 3. The Balaban J connectivity index is 1.99. The SMILES string of the molecule is CCN1CCCC1Cn1c(=S)[nH]c2c(C)cccc21. The number of aryl methyl sites for hydroxylation is 1. The molecule has 0 aliphatic carbocycles. The quantitative estimate of drug-likeness (QED) is 0.867. The lowest BCUT2D eigenvalue weighted by atomic mass is 10.2. The van der Waals surface area contributed by atoms with Crippen LogP contribution in [0.15, 0.2) is 18.2 Å². The second-order valence-electron chi connectivity index (χ2n) is 5.43. The first-order chi connectivity index (χ1) is 9.20. The standard InChI is InChI=1S/C15H21N3S/c1-3-17-9-5-7-12(17)10-18-13-8-4-6-11(2)14(13)16-15(18)19/h4,6,8,12H,3,5,7,9-10H2,1-2H3,(H,16,19). The molecule has 2 aromatic rings. The molecule has 0 bridgehead atoms. The molecule has 1 aromatic heterocycles. The van der Waals surface area contributed by atoms with Crippen molar-refractivity contribution >= 4 is 23.3 Å². The van der Waals surface area contributed by atoms with Gasteiger partial charge in [-0.2, -0.15) is 0 Å². The molecule has 3 nitrogen and oxygen atoms in total. The van der Waals surface area contributed by atoms with Gasteiger partial charge in [0.25, 0.3) is 0 Å². The van der Waals surface area contributed by atoms with E-state index in [1.807, 2.05) is 0 Å². The minimum Gasteiger partial charge on any atom is -0.330 e. The second kappa shape index (κ2) is 5.10. The summed E-state index contributed by atoms with van der Waals surface area (Å²) in [5.41, 5.74) is 3.70. The number of fused-ring (bicyclic) bond motifs is 1. The summed E-state index contributed by atoms with van der Waals surface area (Å²) in [5.74, 6) is 0. The Morgan fingerprint density at radius 1 is 1.42 bits per heavy atom. The fourth-order valence-corrected chi connectivity index (χ4v) is 3.51. The van der Waals surface area contributed by atoms with Crippen LogP contribution in [-0.2, 0) is 6.54 Å². The largest absolute Gasteiger partial charge is 0.330 e. The zero-order valence-corrected chi connectivity index (χ0v) is 12.5. The summed E-state index contributed by atoms with van der Waals surface area (Å²) in [5, 5.41) is 0. The van der Waals surface area contributed by atoms with E-state index in [4.69, 9.17) is 12.2 Å². The number of likely N-dealkylation sites (N-methyl/N-ethyl adjacent to an activating group) is 1. The van der Waals surface area contributed by atoms with Gasteiger partial charge in [0, 0.05) is 12.6 Å². The maximum Gasteiger partial charge on any atom is 0.178 e. The average Bonchev–Trinajstić information content (AvgIpc) is 2.97. The predicted octanol–water partition coefficient (Wildman–Crippen LogP) is 3.49. The molecule has 1 saturated heterocycles. The van der Waals surface area contributed by atoms with Gasteiger partial charge in [-0.3, -0.25) is 4.90 Å². The maximum absolute atomic E-state index is 5.51. The van der Waals surface area contributed by atoms with Crippen LogP contribution in [0.25, 0.3) is 11.0 Å². The molecule has 1 fully saturated rings. The first kappa shape index (κ1) is 12.9. The van der Waals surface area contributed by atoms with E-state index in [9.17, 15) is 0 Å². The topological polar surface area (TPSA) is 24.0 Å². The third-order valence-corrected chi connectivity index (χ3v) is 4.64. The highest BCUT2D eigenvalue weighted by molar-refractivity contribution is 7.71. The van der Waals surface area contributed by atoms with Gasteiger partial charge >= 0.3 is 0 Å². The molecule has 19 heavy (non-hydrogen) atoms. The van der Waals surface area contributed by atoms with E-state index in [0.29, 0.717) is 6.04 Å². The third-order valence-electron chi connectivity index (χ3n) is 4.32. The zero-order chi connectivity index (χ0) is 13.4. The Labute approximate surface area is 119 Å². The monoisotopic (exact) mass is 275 g/mol. The van der Waals surface area contributed by atoms with Gasteiger partial charge < -0.3 is 9.55 Å². The number of hydrogen-bond acceptors (Lipinski definition) is 2. The van der Waals surface area contributed by atoms with Crippen molar-refractivity contribution in [1.29, 1.82) is 0 Å². The first-order valence-electron chi connectivity index (χ1n) is 7.13. The first-order valence-corrected chi connectivity index (χ1v) is 7.53. The van der Waals surface area contributed by atoms with E-state index in [0.717, 1.165) is 17.9 Å². The number of para-hydroxylation sites is 1. The van der Waals surface area contributed by atoms with Gasteiger partial charge in [0.05, 0.1) is 11.0 Å². The van der Waals surface area contributed by atoms with Crippen molar-refractivity contribution < 1.29 is 0 Å². The van der Waals surface area contributed by atoms with E-state index in [-0.39, 0.29) is 0 Å². The van der Waals surface area contributed by atoms with E-state index >= 15 is 0 Å². The number of hydrogen-bond donors (Lipinski definition) is 1. The van der Waals surface area contributed by atoms with E-state index in [1.165, 1.54) is 36.0 Å². The van der Waals surface area contributed by atoms with Gasteiger partial charge in [-0.25, -0.2) is 0 Å². The molecule has 1 aromatic carbocycles. The van der Waals surface area contributed by atoms with Crippen LogP contribution >= 0.6 is 12.2 Å². The molecule has 1 unspecified atom stereocenters. The minimum atomic E-state index is 0.635. The summed E-state index contributed by atoms with van der Waals surface area (Å²) < 4.78 is 3.13. The molecule has 4 heteroatoms. The third kappa shape index (κ3) is 2.23. The summed E-state index contributed by atoms with van der Waals surface area (Å²) in [7, 11) is 0. The normalized spacial score (nSPS) is 20.4. The predicted molar refractivity (Wildman–Crippen MR) is 82.1 cm³/mol. The molecule has 0 saturated carbocycles. The molecule has 3 rings (SSSR count). The maximum atomic E-state index is 5.51. The van der Waals surface area contributed by atoms with Crippen LogP contribution in [-0.4, -0.2) is 33.6 Å². The van der Waals surface area contributed by atoms with Crippen molar-refractivity contribution in [1.82, 2.24) is 14.5 Å². The molecular weight excluding hydrogens is 254 g/mol. The van der Waals surface area contributed by atoms with Crippen LogP contribution in [0.3, 0.4) is 0 Å². The Kier molecular flexibility index (Phi) is 3.46. The van der Waals surface area contributed by atoms with Gasteiger partial charge in [0.2, 0.25) is 0 Å². The average molecular weight is 275 g/mol. The van der Waals surface area contributed by atoms with Crippen molar-refractivity contribution in [3.05, 3.63) is 28.5 Å². The van der Waals surface area contributed by atoms with Crippen LogP contribution in [0.5, 0.6) is 0 Å². The van der Waals surface area contributed by atoms with Crippen LogP contribution in [0.4, 0.5) is 0 Å². The van der Waals surface area contributed by atoms with Crippen molar-refractivity contribution in [3.8, 4) is 0 Å². The molecule has 0 spiro atoms. The lowest BCUT2D eigenvalue weighted by molar-refractivity contribution is 0.245. The molecule has 1 atom stereocenters. The summed E-state index contributed by atoms with van der Waals surface area (Å²) >= 11 is 5.51. The Morgan fingerprint density at radius 2 is 2.26 bits per heavy atom. The highest BCUT2D eigenvalue weighted by Crippen LogP contribution is 2.22. The molecular formula is C15H21N3S. The van der Waals surface area contributed by atoms with Crippen molar-refractivity contribution in [2.24, 2.45) is 0 Å². The van der Waals surface area contributed by atoms with Gasteiger partial charge in [-0.05, 0) is 56.7 Å². The molecule has 1 aliphatic heterocycles. The number of benzene rings is 1. The van der Waals surface area contributed by atoms with Crippen LogP contribution in [0, 0.1) is 11.7 Å². The number of likely N-dealkylation sites (tertiary alicyclic amines) is 1. The molecule has 2 heterocycles. The Morgan fingerprint density at radius 3 is 3.05 bits per heavy atom. The highest BCUT2D eigenvalue weighted by Gasteiger charge is 2.24. The summed E-state index contributed by atoms with van der Waals surface area (Å²) in [6.07, 6.45) is 2.60. The Bertz CT molecular complexity index is 640. The van der Waals surface area contributed by atoms with Crippen molar-refractivity contribution in [2.45, 2.75) is 39.3 Å². The molecule has 102 valence electrons. The smallest absolute Gasteiger partial charge is 0.178 e. The summed E-state index contributed by atoms with van der Waals surface area (Å²) in [4.78, 5) is 5.93. The van der Waals surface area contributed by atoms with Crippen molar-refractivity contribution in [2.75, 3.05) is 13.1 Å². The molecule has 0 amide bonds. The minimum absolute atomic E-state index is 0.635. The molecule has 1 aliphatic rings. The van der Waals surface area contributed by atoms with Crippen LogP contribution < -0.4 is 0 Å². The second-order valence-corrected chi connectivity index (χ2v) is 5.82. The van der Waals surface area contributed by atoms with Gasteiger partial charge in [0.1, 0.15) is 0 Å². The van der Waals surface area contributed by atoms with Crippen molar-refractivity contribution in [3.63, 3.8) is 0 Å². The van der Waals surface area contributed by atoms with Crippen LogP contribution in [0.1, 0.15) is 25.3 Å². The summed E-state index contributed by atoms with van der Waals surface area (Å²) in [6, 6.07) is 7.05. The van der Waals surface area contributed by atoms with Gasteiger partial charge in [-0.15, -0.1) is 0 Å². The number of aromatic amines is 1. The van der Waals surface area contributed by atoms with Crippen LogP contribution in [0.2, 0.25) is 0 Å². The fourth-order valence-electron chi connectivity index (χ4n) is 3.23. The highest BCUT2D eigenvalue weighted by atomic mass is 32.1.